The number of nitrogens with zero attached hydrogens (tertiary/aromatic N) is 1. The van der Waals surface area contributed by atoms with E-state index in [0.717, 1.165) is 12.8 Å². The van der Waals surface area contributed by atoms with Crippen LogP contribution in [0.25, 0.3) is 0 Å². The monoisotopic (exact) mass is 294 g/mol. The van der Waals surface area contributed by atoms with Crippen LogP contribution < -0.4 is 11.2 Å². The van der Waals surface area contributed by atoms with Crippen LogP contribution in [-0.4, -0.2) is 21.8 Å². The molecule has 114 valence electrons. The minimum atomic E-state index is -1.24. The Bertz CT molecular complexity index is 741. The van der Waals surface area contributed by atoms with Gasteiger partial charge in [-0.05, 0) is 31.1 Å². The van der Waals surface area contributed by atoms with Crippen LogP contribution in [0.3, 0.4) is 0 Å². The van der Waals surface area contributed by atoms with Crippen molar-refractivity contribution in [1.29, 1.82) is 0 Å². The molecule has 0 spiro atoms. The van der Waals surface area contributed by atoms with Crippen LogP contribution in [0.15, 0.2) is 15.8 Å². The van der Waals surface area contributed by atoms with Gasteiger partial charge in [0.25, 0.3) is 5.56 Å². The maximum absolute atomic E-state index is 15.0. The summed E-state index contributed by atoms with van der Waals surface area (Å²) in [5.41, 5.74) is -1.16. The Hall–Kier alpha value is -1.43. The molecule has 3 fully saturated rings. The van der Waals surface area contributed by atoms with Crippen LogP contribution in [0, 0.1) is 23.7 Å². The van der Waals surface area contributed by atoms with Gasteiger partial charge in [-0.1, -0.05) is 13.8 Å². The van der Waals surface area contributed by atoms with Crippen molar-refractivity contribution in [2.45, 2.75) is 52.1 Å². The third-order valence-electron chi connectivity index (χ3n) is 5.92. The quantitative estimate of drug-likeness (QED) is 0.854. The first-order valence-electron chi connectivity index (χ1n) is 7.39. The lowest BCUT2D eigenvalue weighted by molar-refractivity contribution is -0.0498. The third-order valence-corrected chi connectivity index (χ3v) is 5.92. The van der Waals surface area contributed by atoms with Gasteiger partial charge in [0.1, 0.15) is 0 Å². The zero-order chi connectivity index (χ0) is 15.2. The molecule has 6 atom stereocenters. The highest BCUT2D eigenvalue weighted by Crippen LogP contribution is 2.74. The molecule has 2 heterocycles. The molecule has 1 aromatic heterocycles. The Morgan fingerprint density at radius 3 is 2.67 bits per heavy atom. The fourth-order valence-electron chi connectivity index (χ4n) is 4.57. The van der Waals surface area contributed by atoms with Gasteiger partial charge in [-0.3, -0.25) is 14.3 Å². The van der Waals surface area contributed by atoms with Crippen LogP contribution in [0.4, 0.5) is 4.39 Å². The summed E-state index contributed by atoms with van der Waals surface area (Å²) < 4.78 is 22.2. The van der Waals surface area contributed by atoms with Crippen molar-refractivity contribution in [2.75, 3.05) is 0 Å². The van der Waals surface area contributed by atoms with E-state index in [2.05, 4.69) is 11.9 Å². The molecular weight excluding hydrogens is 275 g/mol. The Morgan fingerprint density at radius 2 is 2.00 bits per heavy atom. The molecule has 1 N–H and O–H groups in total. The van der Waals surface area contributed by atoms with Crippen molar-refractivity contribution in [2.24, 2.45) is 16.7 Å². The molecule has 1 saturated heterocycles. The van der Waals surface area contributed by atoms with Crippen molar-refractivity contribution in [3.8, 4) is 0 Å². The third kappa shape index (κ3) is 1.49. The molecule has 0 aromatic carbocycles. The number of H-pyrrole nitrogens is 1. The van der Waals surface area contributed by atoms with Crippen molar-refractivity contribution >= 4 is 0 Å². The van der Waals surface area contributed by atoms with Gasteiger partial charge in [-0.2, -0.15) is 0 Å². The predicted molar refractivity (Wildman–Crippen MR) is 73.8 cm³/mol. The molecule has 1 aromatic rings. The normalized spacial score (nSPS) is 47.2. The van der Waals surface area contributed by atoms with E-state index in [1.807, 2.05) is 6.92 Å². The Morgan fingerprint density at radius 1 is 1.33 bits per heavy atom. The van der Waals surface area contributed by atoms with Gasteiger partial charge in [0.15, 0.2) is 12.4 Å². The van der Waals surface area contributed by atoms with Gasteiger partial charge in [0.05, 0.1) is 6.10 Å². The summed E-state index contributed by atoms with van der Waals surface area (Å²) in [6.07, 6.45) is 0.940. The van der Waals surface area contributed by atoms with Crippen LogP contribution in [0.2, 0.25) is 0 Å². The average Bonchev–Trinajstić information content (AvgIpc) is 2.88. The van der Waals surface area contributed by atoms with Crippen molar-refractivity contribution in [3.63, 3.8) is 0 Å². The fraction of sp³-hybridized carbons (Fsp3) is 0.733. The number of halogens is 1. The minimum Gasteiger partial charge on any atom is -0.350 e. The molecule has 0 bridgehead atoms. The first-order valence-corrected chi connectivity index (χ1v) is 7.39. The molecule has 5 nitrogen and oxygen atoms in total. The summed E-state index contributed by atoms with van der Waals surface area (Å²) >= 11 is 0. The lowest BCUT2D eigenvalue weighted by Crippen LogP contribution is -2.38. The summed E-state index contributed by atoms with van der Waals surface area (Å²) in [6, 6.07) is 0. The fourth-order valence-corrected chi connectivity index (χ4v) is 4.57. The summed E-state index contributed by atoms with van der Waals surface area (Å²) in [5.74, 6) is 0.542. The first kappa shape index (κ1) is 13.2. The first-order chi connectivity index (χ1) is 9.77. The number of nitrogens with one attached hydrogen (secondary N) is 1. The number of hydrogen-bond acceptors (Lipinski definition) is 3. The highest BCUT2D eigenvalue weighted by Gasteiger charge is 2.74. The van der Waals surface area contributed by atoms with Crippen LogP contribution in [0.1, 0.15) is 38.5 Å². The number of aromatic nitrogens is 2. The zero-order valence-electron chi connectivity index (χ0n) is 12.4. The number of aryl methyl sites for hydroxylation is 1. The van der Waals surface area contributed by atoms with Gasteiger partial charge < -0.3 is 4.74 Å². The van der Waals surface area contributed by atoms with Crippen LogP contribution in [0.5, 0.6) is 0 Å². The van der Waals surface area contributed by atoms with Crippen molar-refractivity contribution in [3.05, 3.63) is 32.6 Å². The summed E-state index contributed by atoms with van der Waals surface area (Å²) in [6.45, 7) is 5.66. The SMILES string of the molecule is Cc1cn(C2O[C@@H]3[C@@]4(C)C[C@H]4C[C@]3(C)[C@@H]2F)c(=O)[nH]c1=O. The molecule has 1 aliphatic heterocycles. The molecule has 6 heteroatoms. The van der Waals surface area contributed by atoms with E-state index in [9.17, 15) is 9.59 Å². The lowest BCUT2D eigenvalue weighted by atomic mass is 9.78. The minimum absolute atomic E-state index is 0.0503. The second kappa shape index (κ2) is 3.66. The maximum atomic E-state index is 15.0. The van der Waals surface area contributed by atoms with Crippen LogP contribution in [-0.2, 0) is 4.74 Å². The Labute approximate surface area is 121 Å². The molecule has 3 aliphatic rings. The van der Waals surface area contributed by atoms with Gasteiger partial charge in [-0.25, -0.2) is 9.18 Å². The van der Waals surface area contributed by atoms with Crippen molar-refractivity contribution in [1.82, 2.24) is 9.55 Å². The van der Waals surface area contributed by atoms with Gasteiger partial charge in [0, 0.05) is 17.2 Å². The Kier molecular flexibility index (Phi) is 2.31. The van der Waals surface area contributed by atoms with E-state index in [0.29, 0.717) is 11.5 Å². The van der Waals surface area contributed by atoms with Gasteiger partial charge >= 0.3 is 5.69 Å². The molecule has 2 saturated carbocycles. The number of rotatable bonds is 1. The molecular formula is C15H19FN2O3. The second-order valence-electron chi connectivity index (χ2n) is 7.40. The predicted octanol–water partition coefficient (Wildman–Crippen LogP) is 1.52. The maximum Gasteiger partial charge on any atom is 0.330 e. The molecule has 1 unspecified atom stereocenters. The molecule has 0 amide bonds. The molecule has 0 radical (unpaired) electrons. The van der Waals surface area contributed by atoms with E-state index in [1.54, 1.807) is 6.92 Å². The number of alkyl halides is 1. The van der Waals surface area contributed by atoms with E-state index in [4.69, 9.17) is 4.74 Å². The molecule has 21 heavy (non-hydrogen) atoms. The number of fused-ring (bicyclic) bond motifs is 3. The van der Waals surface area contributed by atoms with Crippen LogP contribution >= 0.6 is 0 Å². The van der Waals surface area contributed by atoms with E-state index < -0.39 is 29.1 Å². The van der Waals surface area contributed by atoms with Gasteiger partial charge in [0.2, 0.25) is 0 Å². The molecule has 4 rings (SSSR count). The highest BCUT2D eigenvalue weighted by atomic mass is 19.1. The number of ether oxygens (including phenoxy) is 1. The summed E-state index contributed by atoms with van der Waals surface area (Å²) in [7, 11) is 0. The van der Waals surface area contributed by atoms with Crippen molar-refractivity contribution < 1.29 is 9.13 Å². The van der Waals surface area contributed by atoms with E-state index in [-0.39, 0.29) is 11.5 Å². The summed E-state index contributed by atoms with van der Waals surface area (Å²) in [5, 5.41) is 0. The zero-order valence-corrected chi connectivity index (χ0v) is 12.4. The standard InChI is InChI=1S/C15H19FN2O3/c1-7-6-18(13(20)17-10(7)19)11-9(16)15(3)5-8-4-14(8,2)12(15)21-11/h6,8-9,11-12H,4-5H2,1-3H3,(H,17,19,20)/t8-,9+,11?,12+,14-,15+/m0/s1. The van der Waals surface area contributed by atoms with Gasteiger partial charge in [-0.15, -0.1) is 0 Å². The summed E-state index contributed by atoms with van der Waals surface area (Å²) in [4.78, 5) is 25.7. The number of aromatic amines is 1. The van der Waals surface area contributed by atoms with E-state index >= 15 is 4.39 Å². The molecule has 2 aliphatic carbocycles. The Balaban J connectivity index is 1.77. The second-order valence-corrected chi connectivity index (χ2v) is 7.40. The topological polar surface area (TPSA) is 64.1 Å². The highest BCUT2D eigenvalue weighted by molar-refractivity contribution is 5.21. The largest absolute Gasteiger partial charge is 0.350 e. The lowest BCUT2D eigenvalue weighted by Gasteiger charge is -2.28. The smallest absolute Gasteiger partial charge is 0.330 e. The van der Waals surface area contributed by atoms with E-state index in [1.165, 1.54) is 10.8 Å². The number of hydrogen-bond donors (Lipinski definition) is 1. The average molecular weight is 294 g/mol.